The predicted octanol–water partition coefficient (Wildman–Crippen LogP) is 4.46. The first-order chi connectivity index (χ1) is 8.58. The van der Waals surface area contributed by atoms with Crippen LogP contribution in [-0.2, 0) is 6.61 Å². The van der Waals surface area contributed by atoms with Gasteiger partial charge in [0.05, 0.1) is 0 Å². The number of benzene rings is 2. The van der Waals surface area contributed by atoms with E-state index in [4.69, 9.17) is 33.7 Å². The second-order valence-electron chi connectivity index (χ2n) is 4.01. The first kappa shape index (κ1) is 13.1. The van der Waals surface area contributed by atoms with Gasteiger partial charge in [-0.2, -0.15) is 0 Å². The lowest BCUT2D eigenvalue weighted by atomic mass is 10.2. The Kier molecular flexibility index (Phi) is 4.00. The van der Waals surface area contributed by atoms with Crippen LogP contribution in [0.15, 0.2) is 36.4 Å². The van der Waals surface area contributed by atoms with Crippen LogP contribution in [0.5, 0.6) is 5.75 Å². The zero-order valence-electron chi connectivity index (χ0n) is 9.91. The fourth-order valence-corrected chi connectivity index (χ4v) is 2.12. The summed E-state index contributed by atoms with van der Waals surface area (Å²) in [7, 11) is 0. The second kappa shape index (κ2) is 5.51. The lowest BCUT2D eigenvalue weighted by Gasteiger charge is -2.12. The number of anilines is 1. The highest BCUT2D eigenvalue weighted by atomic mass is 35.5. The molecule has 0 aliphatic rings. The maximum Gasteiger partial charge on any atom is 0.122 e. The molecule has 0 heterocycles. The molecule has 0 atom stereocenters. The molecule has 0 unspecified atom stereocenters. The first-order valence-electron chi connectivity index (χ1n) is 5.50. The zero-order valence-corrected chi connectivity index (χ0v) is 11.4. The molecule has 2 N–H and O–H groups in total. The second-order valence-corrected chi connectivity index (χ2v) is 4.85. The number of nitrogens with two attached hydrogens (primary N) is 1. The quantitative estimate of drug-likeness (QED) is 0.843. The molecule has 0 aliphatic carbocycles. The van der Waals surface area contributed by atoms with Crippen molar-refractivity contribution in [2.75, 3.05) is 5.73 Å². The van der Waals surface area contributed by atoms with Crippen LogP contribution in [0.3, 0.4) is 0 Å². The lowest BCUT2D eigenvalue weighted by molar-refractivity contribution is 0.305. The molecular formula is C14H13Cl2NO. The molecule has 2 aromatic rings. The standard InChI is InChI=1S/C14H13Cl2NO/c1-9-7-10(15)5-6-14(9)18-8-11-12(16)3-2-4-13(11)17/h2-7H,8,17H2,1H3. The highest BCUT2D eigenvalue weighted by molar-refractivity contribution is 6.31. The summed E-state index contributed by atoms with van der Waals surface area (Å²) in [6, 6.07) is 10.9. The van der Waals surface area contributed by atoms with E-state index in [9.17, 15) is 0 Å². The Bertz CT molecular complexity index is 549. The minimum absolute atomic E-state index is 0.341. The molecular weight excluding hydrogens is 269 g/mol. The molecule has 0 saturated heterocycles. The van der Waals surface area contributed by atoms with Crippen LogP contribution in [0.4, 0.5) is 5.69 Å². The Balaban J connectivity index is 2.16. The molecule has 2 aromatic carbocycles. The minimum atomic E-state index is 0.341. The van der Waals surface area contributed by atoms with Crippen molar-refractivity contribution in [2.45, 2.75) is 13.5 Å². The maximum atomic E-state index is 6.08. The smallest absolute Gasteiger partial charge is 0.122 e. The van der Waals surface area contributed by atoms with Crippen molar-refractivity contribution in [3.05, 3.63) is 57.6 Å². The Morgan fingerprint density at radius 2 is 1.94 bits per heavy atom. The van der Waals surface area contributed by atoms with Crippen molar-refractivity contribution in [3.63, 3.8) is 0 Å². The SMILES string of the molecule is Cc1cc(Cl)ccc1OCc1c(N)cccc1Cl. The normalized spacial score (nSPS) is 10.4. The van der Waals surface area contributed by atoms with Gasteiger partial charge in [0.1, 0.15) is 12.4 Å². The molecule has 2 nitrogen and oxygen atoms in total. The fourth-order valence-electron chi connectivity index (χ4n) is 1.65. The molecule has 94 valence electrons. The van der Waals surface area contributed by atoms with Gasteiger partial charge in [-0.1, -0.05) is 29.3 Å². The molecule has 0 bridgehead atoms. The number of ether oxygens (including phenoxy) is 1. The Labute approximate surface area is 116 Å². The largest absolute Gasteiger partial charge is 0.488 e. The van der Waals surface area contributed by atoms with Gasteiger partial charge in [0.25, 0.3) is 0 Å². The molecule has 4 heteroatoms. The Morgan fingerprint density at radius 1 is 1.17 bits per heavy atom. The van der Waals surface area contributed by atoms with Gasteiger partial charge in [0.2, 0.25) is 0 Å². The number of halogens is 2. The van der Waals surface area contributed by atoms with E-state index < -0.39 is 0 Å². The van der Waals surface area contributed by atoms with Crippen molar-refractivity contribution in [3.8, 4) is 5.75 Å². The van der Waals surface area contributed by atoms with Crippen LogP contribution in [-0.4, -0.2) is 0 Å². The monoisotopic (exact) mass is 281 g/mol. The highest BCUT2D eigenvalue weighted by Crippen LogP contribution is 2.26. The summed E-state index contributed by atoms with van der Waals surface area (Å²) in [6.07, 6.45) is 0. The summed E-state index contributed by atoms with van der Waals surface area (Å²) >= 11 is 12.0. The van der Waals surface area contributed by atoms with Crippen molar-refractivity contribution < 1.29 is 4.74 Å². The predicted molar refractivity (Wildman–Crippen MR) is 76.4 cm³/mol. The summed E-state index contributed by atoms with van der Waals surface area (Å²) in [4.78, 5) is 0. The number of rotatable bonds is 3. The number of aryl methyl sites for hydroxylation is 1. The molecule has 0 saturated carbocycles. The van der Waals surface area contributed by atoms with E-state index in [1.807, 2.05) is 25.1 Å². The third-order valence-electron chi connectivity index (χ3n) is 2.66. The van der Waals surface area contributed by atoms with Gasteiger partial charge in [-0.05, 0) is 42.8 Å². The average molecular weight is 282 g/mol. The van der Waals surface area contributed by atoms with Gasteiger partial charge in [0.15, 0.2) is 0 Å². The van der Waals surface area contributed by atoms with Gasteiger partial charge >= 0.3 is 0 Å². The average Bonchev–Trinajstić information content (AvgIpc) is 2.31. The Morgan fingerprint density at radius 3 is 2.61 bits per heavy atom. The summed E-state index contributed by atoms with van der Waals surface area (Å²) in [5.41, 5.74) is 8.27. The van der Waals surface area contributed by atoms with Gasteiger partial charge in [-0.15, -0.1) is 0 Å². The molecule has 0 amide bonds. The lowest BCUT2D eigenvalue weighted by Crippen LogP contribution is -2.01. The highest BCUT2D eigenvalue weighted by Gasteiger charge is 2.06. The molecule has 18 heavy (non-hydrogen) atoms. The summed E-state index contributed by atoms with van der Waals surface area (Å²) in [5.74, 6) is 0.777. The molecule has 2 rings (SSSR count). The van der Waals surface area contributed by atoms with Gasteiger partial charge in [0, 0.05) is 21.3 Å². The van der Waals surface area contributed by atoms with Gasteiger partial charge in [-0.25, -0.2) is 0 Å². The Hall–Kier alpha value is -1.38. The third-order valence-corrected chi connectivity index (χ3v) is 3.25. The van der Waals surface area contributed by atoms with E-state index in [1.165, 1.54) is 0 Å². The molecule has 0 fully saturated rings. The van der Waals surface area contributed by atoms with E-state index in [2.05, 4.69) is 0 Å². The van der Waals surface area contributed by atoms with E-state index >= 15 is 0 Å². The third kappa shape index (κ3) is 2.89. The van der Waals surface area contributed by atoms with E-state index in [0.717, 1.165) is 16.9 Å². The van der Waals surface area contributed by atoms with Crippen LogP contribution in [0.2, 0.25) is 10.0 Å². The number of nitrogen functional groups attached to an aromatic ring is 1. The van der Waals surface area contributed by atoms with Crippen LogP contribution in [0.25, 0.3) is 0 Å². The van der Waals surface area contributed by atoms with Crippen molar-refractivity contribution in [2.24, 2.45) is 0 Å². The fraction of sp³-hybridized carbons (Fsp3) is 0.143. The van der Waals surface area contributed by atoms with Crippen molar-refractivity contribution in [1.29, 1.82) is 0 Å². The zero-order chi connectivity index (χ0) is 13.1. The number of hydrogen-bond donors (Lipinski definition) is 1. The van der Waals surface area contributed by atoms with Gasteiger partial charge in [-0.3, -0.25) is 0 Å². The molecule has 0 radical (unpaired) electrons. The van der Waals surface area contributed by atoms with Gasteiger partial charge < -0.3 is 10.5 Å². The van der Waals surface area contributed by atoms with E-state index in [0.29, 0.717) is 22.3 Å². The summed E-state index contributed by atoms with van der Waals surface area (Å²) in [5, 5.41) is 1.30. The van der Waals surface area contributed by atoms with Crippen LogP contribution in [0, 0.1) is 6.92 Å². The van der Waals surface area contributed by atoms with Crippen LogP contribution >= 0.6 is 23.2 Å². The maximum absolute atomic E-state index is 6.08. The van der Waals surface area contributed by atoms with E-state index in [1.54, 1.807) is 18.2 Å². The molecule has 0 aromatic heterocycles. The number of hydrogen-bond acceptors (Lipinski definition) is 2. The first-order valence-corrected chi connectivity index (χ1v) is 6.25. The summed E-state index contributed by atoms with van der Waals surface area (Å²) < 4.78 is 5.72. The van der Waals surface area contributed by atoms with Crippen LogP contribution in [0.1, 0.15) is 11.1 Å². The van der Waals surface area contributed by atoms with E-state index in [-0.39, 0.29) is 0 Å². The minimum Gasteiger partial charge on any atom is -0.488 e. The van der Waals surface area contributed by atoms with Crippen molar-refractivity contribution in [1.82, 2.24) is 0 Å². The van der Waals surface area contributed by atoms with Crippen molar-refractivity contribution >= 4 is 28.9 Å². The van der Waals surface area contributed by atoms with Crippen LogP contribution < -0.4 is 10.5 Å². The topological polar surface area (TPSA) is 35.2 Å². The molecule has 0 spiro atoms. The molecule has 0 aliphatic heterocycles. The summed E-state index contributed by atoms with van der Waals surface area (Å²) in [6.45, 7) is 2.28.